The summed E-state index contributed by atoms with van der Waals surface area (Å²) in [6, 6.07) is 8.11. The number of hydrogen-bond donors (Lipinski definition) is 2. The Labute approximate surface area is 147 Å². The van der Waals surface area contributed by atoms with E-state index in [1.54, 1.807) is 6.08 Å². The molecule has 1 aromatic rings. The molecule has 2 aliphatic rings. The fraction of sp³-hybridized carbons (Fsp3) is 0.368. The summed E-state index contributed by atoms with van der Waals surface area (Å²) in [4.78, 5) is 22.5. The highest BCUT2D eigenvalue weighted by Crippen LogP contribution is 2.12. The smallest absolute Gasteiger partial charge is 0.267 e. The molecule has 6 nitrogen and oxygen atoms in total. The van der Waals surface area contributed by atoms with Gasteiger partial charge in [0.1, 0.15) is 12.7 Å². The lowest BCUT2D eigenvalue weighted by Crippen LogP contribution is -3.04. The van der Waals surface area contributed by atoms with Crippen molar-refractivity contribution >= 4 is 18.3 Å². The van der Waals surface area contributed by atoms with Crippen LogP contribution >= 0.6 is 0 Å². The molecule has 2 atom stereocenters. The molecule has 6 heteroatoms. The number of carbonyl (C=O) groups is 1. The van der Waals surface area contributed by atoms with Gasteiger partial charge in [0.2, 0.25) is 0 Å². The maximum absolute atomic E-state index is 11.8. The quantitative estimate of drug-likeness (QED) is 0.609. The summed E-state index contributed by atoms with van der Waals surface area (Å²) in [5, 5.41) is 0. The minimum Gasteiger partial charge on any atom is -0.350 e. The van der Waals surface area contributed by atoms with Crippen molar-refractivity contribution in [2.45, 2.75) is 39.0 Å². The van der Waals surface area contributed by atoms with Gasteiger partial charge in [0.05, 0.1) is 5.70 Å². The van der Waals surface area contributed by atoms with E-state index in [0.29, 0.717) is 6.61 Å². The normalized spacial score (nSPS) is 23.0. The van der Waals surface area contributed by atoms with E-state index in [-0.39, 0.29) is 12.2 Å². The third kappa shape index (κ3) is 5.63. The molecule has 2 N–H and O–H groups in total. The molecule has 0 aliphatic carbocycles. The van der Waals surface area contributed by atoms with Gasteiger partial charge in [-0.2, -0.15) is 0 Å². The number of ether oxygens (including phenoxy) is 1. The van der Waals surface area contributed by atoms with Crippen LogP contribution in [0.15, 0.2) is 47.2 Å². The monoisotopic (exact) mass is 342 g/mol. The van der Waals surface area contributed by atoms with Gasteiger partial charge in [-0.05, 0) is 31.4 Å². The van der Waals surface area contributed by atoms with E-state index < -0.39 is 0 Å². The number of quaternary nitrogens is 1. The van der Waals surface area contributed by atoms with E-state index in [9.17, 15) is 4.79 Å². The lowest BCUT2D eigenvalue weighted by atomic mass is 10.1. The van der Waals surface area contributed by atoms with Gasteiger partial charge in [0.15, 0.2) is 12.6 Å². The number of hydrogen-bond acceptors (Lipinski definition) is 4. The highest BCUT2D eigenvalue weighted by Gasteiger charge is 2.15. The summed E-state index contributed by atoms with van der Waals surface area (Å²) in [6.07, 6.45) is 9.80. The number of allylic oxidation sites excluding steroid dienone is 1. The highest BCUT2D eigenvalue weighted by atomic mass is 16.8. The van der Waals surface area contributed by atoms with E-state index in [2.05, 4.69) is 28.8 Å². The predicted octanol–water partition coefficient (Wildman–Crippen LogP) is 1.56. The summed E-state index contributed by atoms with van der Waals surface area (Å²) < 4.78 is 5.39. The summed E-state index contributed by atoms with van der Waals surface area (Å²) in [7, 11) is 0. The van der Waals surface area contributed by atoms with Gasteiger partial charge in [0, 0.05) is 24.7 Å². The van der Waals surface area contributed by atoms with Crippen molar-refractivity contribution in [3.05, 3.63) is 53.4 Å². The Bertz CT molecular complexity index is 674. The third-order valence-electron chi connectivity index (χ3n) is 4.07. The molecule has 1 fully saturated rings. The van der Waals surface area contributed by atoms with Crippen LogP contribution in [0.2, 0.25) is 0 Å². The molecule has 25 heavy (non-hydrogen) atoms. The number of nitrogens with zero attached hydrogens (tertiary/aromatic N) is 1. The zero-order valence-corrected chi connectivity index (χ0v) is 14.4. The number of nitrogens with one attached hydrogen (secondary N) is 2. The maximum atomic E-state index is 11.8. The molecule has 3 rings (SSSR count). The van der Waals surface area contributed by atoms with Gasteiger partial charge >= 0.3 is 0 Å². The Balaban J connectivity index is 1.44. The topological polar surface area (TPSA) is 64.4 Å². The number of carbonyl (C=O) groups excluding carboxylic acids is 1. The van der Waals surface area contributed by atoms with Gasteiger partial charge in [0.25, 0.3) is 5.91 Å². The zero-order valence-electron chi connectivity index (χ0n) is 14.4. The minimum atomic E-state index is -0.334. The first-order valence-corrected chi connectivity index (χ1v) is 8.61. The largest absolute Gasteiger partial charge is 0.350 e. The Hall–Kier alpha value is -2.28. The second kappa shape index (κ2) is 8.71. The van der Waals surface area contributed by atoms with E-state index in [1.165, 1.54) is 16.5 Å². The molecule has 0 saturated carbocycles. The molecule has 0 aromatic heterocycles. The van der Waals surface area contributed by atoms with Crippen molar-refractivity contribution in [3.63, 3.8) is 0 Å². The average molecular weight is 342 g/mol. The summed E-state index contributed by atoms with van der Waals surface area (Å²) >= 11 is 0. The van der Waals surface area contributed by atoms with E-state index in [0.717, 1.165) is 37.1 Å². The number of aliphatic imine (C=N–C) groups is 1. The number of benzene rings is 1. The molecular weight excluding hydrogens is 318 g/mol. The van der Waals surface area contributed by atoms with Crippen LogP contribution < -0.4 is 10.4 Å². The second-order valence-corrected chi connectivity index (χ2v) is 6.25. The van der Waals surface area contributed by atoms with Gasteiger partial charge in [-0.25, -0.2) is 15.3 Å². The second-order valence-electron chi connectivity index (χ2n) is 6.25. The zero-order chi connectivity index (χ0) is 17.5. The molecule has 2 aliphatic heterocycles. The summed E-state index contributed by atoms with van der Waals surface area (Å²) in [5.41, 5.74) is 5.63. The van der Waals surface area contributed by atoms with Crippen LogP contribution in [-0.4, -0.2) is 25.1 Å². The fourth-order valence-electron chi connectivity index (χ4n) is 2.74. The Kier molecular flexibility index (Phi) is 6.11. The third-order valence-corrected chi connectivity index (χ3v) is 4.07. The summed E-state index contributed by atoms with van der Waals surface area (Å²) in [5.74, 6) is -0.295. The molecule has 1 aromatic carbocycles. The van der Waals surface area contributed by atoms with Gasteiger partial charge < -0.3 is 4.74 Å². The van der Waals surface area contributed by atoms with Crippen molar-refractivity contribution in [1.29, 1.82) is 0 Å². The molecule has 132 valence electrons. The van der Waals surface area contributed by atoms with Crippen molar-refractivity contribution in [2.75, 3.05) is 6.61 Å². The Morgan fingerprint density at radius 3 is 2.92 bits per heavy atom. The number of rotatable bonds is 6. The first-order chi connectivity index (χ1) is 12.2. The van der Waals surface area contributed by atoms with Gasteiger partial charge in [-0.15, -0.1) is 0 Å². The van der Waals surface area contributed by atoms with E-state index in [1.807, 2.05) is 25.4 Å². The molecule has 1 saturated heterocycles. The van der Waals surface area contributed by atoms with Crippen molar-refractivity contribution in [1.82, 2.24) is 5.48 Å². The maximum Gasteiger partial charge on any atom is 0.267 e. The lowest BCUT2D eigenvalue weighted by molar-refractivity contribution is -0.752. The van der Waals surface area contributed by atoms with E-state index >= 15 is 0 Å². The van der Waals surface area contributed by atoms with Gasteiger partial charge in [-0.1, -0.05) is 24.3 Å². The van der Waals surface area contributed by atoms with Crippen LogP contribution in [0.4, 0.5) is 0 Å². The molecule has 2 unspecified atom stereocenters. The molecule has 0 bridgehead atoms. The van der Waals surface area contributed by atoms with Gasteiger partial charge in [-0.3, -0.25) is 9.69 Å². The molecule has 1 amide bonds. The SMILES string of the molecule is CC1=C[NH+](Cc2ccc(/C=C/C(=O)NOC3CCCCO3)cc2)C=N1. The number of amides is 1. The molecule has 0 spiro atoms. The van der Waals surface area contributed by atoms with Crippen LogP contribution in [0, 0.1) is 0 Å². The van der Waals surface area contributed by atoms with E-state index in [4.69, 9.17) is 9.57 Å². The van der Waals surface area contributed by atoms with Crippen molar-refractivity contribution in [2.24, 2.45) is 4.99 Å². The van der Waals surface area contributed by atoms with Crippen LogP contribution in [0.5, 0.6) is 0 Å². The Morgan fingerprint density at radius 2 is 2.24 bits per heavy atom. The standard InChI is InChI=1S/C19H23N3O3/c1-15-12-22(14-20-15)13-17-7-5-16(6-8-17)9-10-18(23)21-25-19-4-2-3-11-24-19/h5-10,12,14,19H,2-4,11,13H2,1H3,(H,21,23)/p+1/b10-9+. The number of hydroxylamine groups is 1. The first kappa shape index (κ1) is 17.5. The van der Waals surface area contributed by atoms with Crippen LogP contribution in [-0.2, 0) is 20.9 Å². The molecular formula is C19H24N3O3+. The van der Waals surface area contributed by atoms with Crippen molar-refractivity contribution in [3.8, 4) is 0 Å². The Morgan fingerprint density at radius 1 is 1.40 bits per heavy atom. The predicted molar refractivity (Wildman–Crippen MR) is 95.2 cm³/mol. The average Bonchev–Trinajstić information content (AvgIpc) is 3.05. The van der Waals surface area contributed by atoms with Crippen LogP contribution in [0.1, 0.15) is 37.3 Å². The van der Waals surface area contributed by atoms with Crippen molar-refractivity contribution < 1.29 is 19.3 Å². The first-order valence-electron chi connectivity index (χ1n) is 8.61. The van der Waals surface area contributed by atoms with Crippen LogP contribution in [0.3, 0.4) is 0 Å². The van der Waals surface area contributed by atoms with Crippen LogP contribution in [0.25, 0.3) is 6.08 Å². The minimum absolute atomic E-state index is 0.295. The molecule has 2 heterocycles. The summed E-state index contributed by atoms with van der Waals surface area (Å²) in [6.45, 7) is 3.54. The fourth-order valence-corrected chi connectivity index (χ4v) is 2.74. The lowest BCUT2D eigenvalue weighted by Gasteiger charge is -2.21. The molecule has 0 radical (unpaired) electrons. The highest BCUT2D eigenvalue weighted by molar-refractivity contribution is 5.90.